The third-order valence-electron chi connectivity index (χ3n) is 5.17. The molecule has 1 unspecified atom stereocenters. The van der Waals surface area contributed by atoms with Gasteiger partial charge in [-0.15, -0.1) is 0 Å². The first-order valence-corrected chi connectivity index (χ1v) is 7.11. The van der Waals surface area contributed by atoms with Gasteiger partial charge in [-0.25, -0.2) is 0 Å². The van der Waals surface area contributed by atoms with Crippen LogP contribution >= 0.6 is 0 Å². The lowest BCUT2D eigenvalue weighted by molar-refractivity contribution is -0.144. The molecule has 0 amide bonds. The SMILES string of the molecule is CC(=O)OC[C@@H](C)[C@H]1CCC2C(=O)CCC[C@@]21C. The van der Waals surface area contributed by atoms with Crippen molar-refractivity contribution < 1.29 is 14.3 Å². The molecule has 0 N–H and O–H groups in total. The second-order valence-electron chi connectivity index (χ2n) is 6.34. The monoisotopic (exact) mass is 252 g/mol. The van der Waals surface area contributed by atoms with Gasteiger partial charge in [0, 0.05) is 19.3 Å². The topological polar surface area (TPSA) is 43.4 Å². The molecule has 2 fully saturated rings. The number of carbonyl (C=O) groups is 2. The average molecular weight is 252 g/mol. The number of hydrogen-bond acceptors (Lipinski definition) is 3. The van der Waals surface area contributed by atoms with Crippen molar-refractivity contribution in [1.29, 1.82) is 0 Å². The Hall–Kier alpha value is -0.860. The summed E-state index contributed by atoms with van der Waals surface area (Å²) in [5, 5.41) is 0. The van der Waals surface area contributed by atoms with Crippen LogP contribution in [0.1, 0.15) is 52.9 Å². The zero-order valence-corrected chi connectivity index (χ0v) is 11.7. The van der Waals surface area contributed by atoms with E-state index in [4.69, 9.17) is 4.74 Å². The molecule has 102 valence electrons. The van der Waals surface area contributed by atoms with Crippen LogP contribution in [0, 0.1) is 23.2 Å². The first-order chi connectivity index (χ1) is 8.45. The molecule has 0 aromatic carbocycles. The highest BCUT2D eigenvalue weighted by molar-refractivity contribution is 5.83. The van der Waals surface area contributed by atoms with Gasteiger partial charge in [0.25, 0.3) is 0 Å². The second-order valence-corrected chi connectivity index (χ2v) is 6.34. The largest absolute Gasteiger partial charge is 0.466 e. The molecule has 2 rings (SSSR count). The van der Waals surface area contributed by atoms with E-state index in [2.05, 4.69) is 13.8 Å². The summed E-state index contributed by atoms with van der Waals surface area (Å²) in [4.78, 5) is 22.9. The van der Waals surface area contributed by atoms with Gasteiger partial charge >= 0.3 is 5.97 Å². The van der Waals surface area contributed by atoms with E-state index < -0.39 is 0 Å². The summed E-state index contributed by atoms with van der Waals surface area (Å²) >= 11 is 0. The Kier molecular flexibility index (Phi) is 3.79. The molecule has 0 heterocycles. The van der Waals surface area contributed by atoms with Crippen molar-refractivity contribution in [3.8, 4) is 0 Å². The van der Waals surface area contributed by atoms with Gasteiger partial charge in [0.05, 0.1) is 6.61 Å². The van der Waals surface area contributed by atoms with E-state index in [0.29, 0.717) is 24.2 Å². The van der Waals surface area contributed by atoms with Crippen LogP contribution in [0.25, 0.3) is 0 Å². The number of rotatable bonds is 3. The number of ether oxygens (including phenoxy) is 1. The number of ketones is 1. The van der Waals surface area contributed by atoms with Gasteiger partial charge < -0.3 is 4.74 Å². The fraction of sp³-hybridized carbons (Fsp3) is 0.867. The third kappa shape index (κ3) is 2.32. The van der Waals surface area contributed by atoms with E-state index in [1.54, 1.807) is 0 Å². The number of hydrogen-bond donors (Lipinski definition) is 0. The number of carbonyl (C=O) groups excluding carboxylic acids is 2. The van der Waals surface area contributed by atoms with E-state index in [1.165, 1.54) is 6.92 Å². The Labute approximate surface area is 109 Å². The smallest absolute Gasteiger partial charge is 0.302 e. The minimum atomic E-state index is -0.207. The standard InChI is InChI=1S/C15H24O3/c1-10(9-18-11(2)16)12-6-7-13-14(17)5-4-8-15(12,13)3/h10,12-13H,4-9H2,1-3H3/t10-,12-,13?,15-/m1/s1. The Balaban J connectivity index is 2.05. The van der Waals surface area contributed by atoms with Gasteiger partial charge in [-0.1, -0.05) is 13.8 Å². The van der Waals surface area contributed by atoms with Crippen molar-refractivity contribution >= 4 is 11.8 Å². The average Bonchev–Trinajstić information content (AvgIpc) is 2.64. The molecule has 2 saturated carbocycles. The highest BCUT2D eigenvalue weighted by Crippen LogP contribution is 2.56. The van der Waals surface area contributed by atoms with Gasteiger partial charge in [0.15, 0.2) is 0 Å². The maximum absolute atomic E-state index is 12.0. The molecule has 3 nitrogen and oxygen atoms in total. The molecule has 0 spiro atoms. The lowest BCUT2D eigenvalue weighted by Gasteiger charge is -2.42. The predicted octanol–water partition coefficient (Wildman–Crippen LogP) is 2.97. The van der Waals surface area contributed by atoms with Crippen molar-refractivity contribution in [2.75, 3.05) is 6.61 Å². The molecule has 0 aliphatic heterocycles. The van der Waals surface area contributed by atoms with Gasteiger partial charge in [-0.2, -0.15) is 0 Å². The predicted molar refractivity (Wildman–Crippen MR) is 69.0 cm³/mol. The first-order valence-electron chi connectivity index (χ1n) is 7.11. The van der Waals surface area contributed by atoms with Crippen LogP contribution in [0.3, 0.4) is 0 Å². The molecule has 2 aliphatic rings. The van der Waals surface area contributed by atoms with Crippen molar-refractivity contribution in [3.05, 3.63) is 0 Å². The maximum atomic E-state index is 12.0. The number of esters is 1. The Bertz CT molecular complexity index is 350. The van der Waals surface area contributed by atoms with E-state index in [9.17, 15) is 9.59 Å². The number of Topliss-reactive ketones (excluding diaryl/α,β-unsaturated/α-hetero) is 1. The molecule has 4 atom stereocenters. The maximum Gasteiger partial charge on any atom is 0.302 e. The van der Waals surface area contributed by atoms with Crippen LogP contribution in [-0.4, -0.2) is 18.4 Å². The van der Waals surface area contributed by atoms with Crippen LogP contribution in [0.2, 0.25) is 0 Å². The summed E-state index contributed by atoms with van der Waals surface area (Å²) in [6.45, 7) is 6.38. The molecule has 0 saturated heterocycles. The third-order valence-corrected chi connectivity index (χ3v) is 5.17. The van der Waals surface area contributed by atoms with Crippen LogP contribution in [0.15, 0.2) is 0 Å². The first kappa shape index (κ1) is 13.6. The van der Waals surface area contributed by atoms with Crippen molar-refractivity contribution in [2.45, 2.75) is 52.9 Å². The lowest BCUT2D eigenvalue weighted by Crippen LogP contribution is -2.40. The minimum absolute atomic E-state index is 0.148. The molecule has 0 aromatic rings. The molecular formula is C15H24O3. The van der Waals surface area contributed by atoms with E-state index in [-0.39, 0.29) is 17.3 Å². The Morgan fingerprint density at radius 3 is 2.89 bits per heavy atom. The Morgan fingerprint density at radius 2 is 2.22 bits per heavy atom. The highest BCUT2D eigenvalue weighted by atomic mass is 16.5. The Morgan fingerprint density at radius 1 is 1.50 bits per heavy atom. The van der Waals surface area contributed by atoms with Gasteiger partial charge in [-0.05, 0) is 42.9 Å². The fourth-order valence-corrected chi connectivity index (χ4v) is 4.27. The van der Waals surface area contributed by atoms with Crippen molar-refractivity contribution in [1.82, 2.24) is 0 Å². The van der Waals surface area contributed by atoms with Gasteiger partial charge in [0.2, 0.25) is 0 Å². The zero-order valence-electron chi connectivity index (χ0n) is 11.7. The normalized spacial score (nSPS) is 37.2. The molecule has 3 heteroatoms. The van der Waals surface area contributed by atoms with Crippen LogP contribution in [-0.2, 0) is 14.3 Å². The van der Waals surface area contributed by atoms with Crippen LogP contribution < -0.4 is 0 Å². The molecule has 2 aliphatic carbocycles. The summed E-state index contributed by atoms with van der Waals surface area (Å²) in [6.07, 6.45) is 5.09. The van der Waals surface area contributed by atoms with Crippen molar-refractivity contribution in [3.63, 3.8) is 0 Å². The number of fused-ring (bicyclic) bond motifs is 1. The minimum Gasteiger partial charge on any atom is -0.466 e. The summed E-state index contributed by atoms with van der Waals surface area (Å²) in [5.74, 6) is 1.39. The molecule has 0 radical (unpaired) electrons. The molecule has 0 bridgehead atoms. The van der Waals surface area contributed by atoms with Gasteiger partial charge in [-0.3, -0.25) is 9.59 Å². The summed E-state index contributed by atoms with van der Waals surface area (Å²) in [5.41, 5.74) is 0.148. The second kappa shape index (κ2) is 5.02. The molecule has 0 aromatic heterocycles. The van der Waals surface area contributed by atoms with Gasteiger partial charge in [0.1, 0.15) is 5.78 Å². The zero-order chi connectivity index (χ0) is 13.3. The van der Waals surface area contributed by atoms with Crippen molar-refractivity contribution in [2.24, 2.45) is 23.2 Å². The fourth-order valence-electron chi connectivity index (χ4n) is 4.27. The van der Waals surface area contributed by atoms with Crippen LogP contribution in [0.5, 0.6) is 0 Å². The summed E-state index contributed by atoms with van der Waals surface area (Å²) < 4.78 is 5.14. The van der Waals surface area contributed by atoms with E-state index >= 15 is 0 Å². The summed E-state index contributed by atoms with van der Waals surface area (Å²) in [6, 6.07) is 0. The molecule has 18 heavy (non-hydrogen) atoms. The highest BCUT2D eigenvalue weighted by Gasteiger charge is 2.52. The summed E-state index contributed by atoms with van der Waals surface area (Å²) in [7, 11) is 0. The quantitative estimate of drug-likeness (QED) is 0.725. The lowest BCUT2D eigenvalue weighted by atomic mass is 9.62. The van der Waals surface area contributed by atoms with Crippen LogP contribution in [0.4, 0.5) is 0 Å². The van der Waals surface area contributed by atoms with E-state index in [1.807, 2.05) is 0 Å². The van der Waals surface area contributed by atoms with E-state index in [0.717, 1.165) is 32.1 Å². The molecular weight excluding hydrogens is 228 g/mol.